The molecule has 1 aromatic carbocycles. The zero-order valence-electron chi connectivity index (χ0n) is 38.5. The molecular weight excluding hydrogens is 897 g/mol. The maximum absolute atomic E-state index is 14.7. The van der Waals surface area contributed by atoms with Gasteiger partial charge >= 0.3 is 11.6 Å². The molecule has 1 saturated heterocycles. The zero-order chi connectivity index (χ0) is 47.4. The summed E-state index contributed by atoms with van der Waals surface area (Å²) < 4.78 is 20.3. The number of aldehydes is 1. The van der Waals surface area contributed by atoms with E-state index < -0.39 is 46.7 Å². The van der Waals surface area contributed by atoms with Crippen LogP contribution < -0.4 is 26.7 Å². The van der Waals surface area contributed by atoms with Gasteiger partial charge < -0.3 is 60.4 Å². The molecule has 7 aliphatic rings. The molecule has 3 aliphatic carbocycles. The minimum atomic E-state index is -1.59. The van der Waals surface area contributed by atoms with E-state index in [4.69, 9.17) is 19.6 Å². The van der Waals surface area contributed by atoms with Gasteiger partial charge in [0.15, 0.2) is 11.2 Å². The molecule has 10 unspecified atom stereocenters. The molecule has 2 aromatic rings. The van der Waals surface area contributed by atoms with Crippen LogP contribution in [0.25, 0.3) is 11.0 Å². The second kappa shape index (κ2) is 19.0. The van der Waals surface area contributed by atoms with Crippen LogP contribution in [0, 0.1) is 29.6 Å². The van der Waals surface area contributed by atoms with Crippen LogP contribution in [0.1, 0.15) is 76.3 Å². The molecular formula is C50H64N4O11S2. The lowest BCUT2D eigenvalue weighted by Crippen LogP contribution is -2.71. The first kappa shape index (κ1) is 47.9. The van der Waals surface area contributed by atoms with Crippen molar-refractivity contribution in [2.75, 3.05) is 52.3 Å². The van der Waals surface area contributed by atoms with Gasteiger partial charge in [-0.25, -0.2) is 9.59 Å². The van der Waals surface area contributed by atoms with Crippen LogP contribution in [0.2, 0.25) is 0 Å². The average molecular weight is 961 g/mol. The van der Waals surface area contributed by atoms with Crippen LogP contribution in [0.5, 0.6) is 5.75 Å². The van der Waals surface area contributed by atoms with E-state index in [1.165, 1.54) is 0 Å². The number of ether oxygens (including phenoxy) is 2. The average Bonchev–Trinajstić information content (AvgIpc) is 3.94. The van der Waals surface area contributed by atoms with E-state index in [2.05, 4.69) is 10.6 Å². The highest BCUT2D eigenvalue weighted by molar-refractivity contribution is 8.77. The molecule has 0 radical (unpaired) electrons. The highest BCUT2D eigenvalue weighted by Gasteiger charge is 2.67. The molecule has 17 heteroatoms. The van der Waals surface area contributed by atoms with Crippen molar-refractivity contribution in [2.24, 2.45) is 35.3 Å². The Morgan fingerprint density at radius 3 is 2.63 bits per heavy atom. The number of nitrogens with one attached hydrogen (secondary N) is 2. The van der Waals surface area contributed by atoms with Crippen molar-refractivity contribution in [1.29, 1.82) is 0 Å². The minimum absolute atomic E-state index is 0.0127. The van der Waals surface area contributed by atoms with Gasteiger partial charge in [0.1, 0.15) is 17.6 Å². The monoisotopic (exact) mass is 960 g/mol. The number of rotatable bonds is 12. The number of nitrogens with zero attached hydrogens (tertiary/aromatic N) is 1. The minimum Gasteiger partial charge on any atom is -0.481 e. The molecule has 4 aliphatic heterocycles. The van der Waals surface area contributed by atoms with Crippen molar-refractivity contribution in [3.63, 3.8) is 0 Å². The summed E-state index contributed by atoms with van der Waals surface area (Å²) in [6, 6.07) is 5.44. The van der Waals surface area contributed by atoms with Crippen LogP contribution in [-0.2, 0) is 31.0 Å². The zero-order valence-corrected chi connectivity index (χ0v) is 40.1. The highest BCUT2D eigenvalue weighted by atomic mass is 33.1. The lowest BCUT2D eigenvalue weighted by atomic mass is 9.57. The standard InChI is InChI=1S/C50H64N4O11S2/c1-4-27(7-11-55)46(61)65-48(2)34(25-59)14-32-26-66-67-40-16-31(23-57)44(52-3)36-22-54(45(36)40)42(60)17-30-21-53-41(51)18-35(30)43(32)50(48)20-29-13-28-15-37(47(62)63-38(28)19-39(29)64-50)49(9-5-6-10-49)33(24-58)8-12-56/h4,13-15,18-19,23,31,33-34,36,40,43-45,52-53,55-56,58-59H,5-12,16-17,20-22,24-26,51H2,1-3H3. The molecule has 1 aromatic heterocycles. The van der Waals surface area contributed by atoms with Crippen molar-refractivity contribution in [3.8, 4) is 5.75 Å². The molecule has 3 fully saturated rings. The maximum Gasteiger partial charge on any atom is 0.340 e. The first-order valence-corrected chi connectivity index (χ1v) is 26.2. The van der Waals surface area contributed by atoms with E-state index in [1.54, 1.807) is 47.6 Å². The van der Waals surface area contributed by atoms with Gasteiger partial charge in [0.05, 0.1) is 30.8 Å². The molecule has 15 nitrogen and oxygen atoms in total. The van der Waals surface area contributed by atoms with Gasteiger partial charge in [-0.3, -0.25) is 4.79 Å². The van der Waals surface area contributed by atoms with Gasteiger partial charge in [0, 0.05) is 109 Å². The summed E-state index contributed by atoms with van der Waals surface area (Å²) in [5.41, 5.74) is 6.60. The number of aliphatic hydroxyl groups is 4. The number of fused-ring (bicyclic) bond motifs is 5. The maximum atomic E-state index is 14.7. The Hall–Kier alpha value is -4.10. The van der Waals surface area contributed by atoms with Crippen molar-refractivity contribution in [3.05, 3.63) is 86.1 Å². The number of carbonyl (C=O) groups excluding carboxylic acids is 3. The summed E-state index contributed by atoms with van der Waals surface area (Å²) in [5.74, 6) is -1.34. The molecule has 1 spiro atoms. The lowest BCUT2D eigenvalue weighted by molar-refractivity contribution is -0.202. The van der Waals surface area contributed by atoms with Gasteiger partial charge in [-0.2, -0.15) is 0 Å². The number of dihydropyridines is 1. The molecule has 8 N–H and O–H groups in total. The number of hydrogen-bond donors (Lipinski definition) is 7. The molecule has 1 amide bonds. The summed E-state index contributed by atoms with van der Waals surface area (Å²) in [4.78, 5) is 57.6. The molecule has 9 rings (SSSR count). The largest absolute Gasteiger partial charge is 0.481 e. The van der Waals surface area contributed by atoms with E-state index in [-0.39, 0.29) is 97.8 Å². The number of esters is 1. The Labute approximate surface area is 398 Å². The molecule has 0 bridgehead atoms. The lowest BCUT2D eigenvalue weighted by Gasteiger charge is -2.59. The van der Waals surface area contributed by atoms with Crippen molar-refractivity contribution >= 4 is 50.7 Å². The van der Waals surface area contributed by atoms with Crippen molar-refractivity contribution < 1.29 is 48.7 Å². The Morgan fingerprint density at radius 1 is 1.15 bits per heavy atom. The quantitative estimate of drug-likeness (QED) is 0.0403. The van der Waals surface area contributed by atoms with Crippen LogP contribution in [0.3, 0.4) is 0 Å². The summed E-state index contributed by atoms with van der Waals surface area (Å²) in [6.07, 6.45) is 10.9. The molecule has 2 saturated carbocycles. The number of benzene rings is 1. The fourth-order valence-electron chi connectivity index (χ4n) is 13.2. The first-order valence-electron chi connectivity index (χ1n) is 23.8. The van der Waals surface area contributed by atoms with E-state index >= 15 is 0 Å². The second-order valence-corrected chi connectivity index (χ2v) is 22.4. The first-order chi connectivity index (χ1) is 32.3. The third-order valence-electron chi connectivity index (χ3n) is 16.6. The number of allylic oxidation sites excluding steroid dienone is 2. The van der Waals surface area contributed by atoms with Crippen LogP contribution >= 0.6 is 21.6 Å². The molecule has 362 valence electrons. The Morgan fingerprint density at radius 2 is 1.94 bits per heavy atom. The van der Waals surface area contributed by atoms with Gasteiger partial charge in [-0.15, -0.1) is 0 Å². The topological polar surface area (TPSA) is 234 Å². The van der Waals surface area contributed by atoms with Crippen molar-refractivity contribution in [2.45, 2.75) is 106 Å². The number of aliphatic hydroxyl groups excluding tert-OH is 4. The van der Waals surface area contributed by atoms with Crippen molar-refractivity contribution in [1.82, 2.24) is 15.5 Å². The summed E-state index contributed by atoms with van der Waals surface area (Å²) in [5, 5.41) is 49.3. The fraction of sp³-hybridized carbons (Fsp3) is 0.600. The van der Waals surface area contributed by atoms with Gasteiger partial charge in [0.2, 0.25) is 5.91 Å². The summed E-state index contributed by atoms with van der Waals surface area (Å²) >= 11 is 0. The number of carbonyl (C=O) groups is 3. The number of amides is 1. The number of hydrogen-bond acceptors (Lipinski definition) is 16. The molecule has 10 atom stereocenters. The number of nitrogens with two attached hydrogens (primary N) is 1. The Bertz CT molecular complexity index is 2480. The van der Waals surface area contributed by atoms with Gasteiger partial charge in [-0.05, 0) is 87.4 Å². The predicted octanol–water partition coefficient (Wildman–Crippen LogP) is 3.55. The third-order valence-corrected chi connectivity index (χ3v) is 19.4. The van der Waals surface area contributed by atoms with E-state index in [0.29, 0.717) is 60.5 Å². The molecule has 5 heterocycles. The highest BCUT2D eigenvalue weighted by Crippen LogP contribution is 2.60. The van der Waals surface area contributed by atoms with Crippen LogP contribution in [-0.4, -0.2) is 124 Å². The van der Waals surface area contributed by atoms with Crippen LogP contribution in [0.15, 0.2) is 73.8 Å². The fourth-order valence-corrected chi connectivity index (χ4v) is 16.3. The predicted molar refractivity (Wildman–Crippen MR) is 256 cm³/mol. The van der Waals surface area contributed by atoms with Gasteiger partial charge in [-0.1, -0.05) is 52.2 Å². The van der Waals surface area contributed by atoms with E-state index in [0.717, 1.165) is 41.4 Å². The normalized spacial score (nSPS) is 32.8. The third kappa shape index (κ3) is 7.88. The molecule has 67 heavy (non-hydrogen) atoms. The Kier molecular flexibility index (Phi) is 13.6. The summed E-state index contributed by atoms with van der Waals surface area (Å²) in [6.45, 7) is 3.30. The second-order valence-electron chi connectivity index (χ2n) is 19.8. The smallest absolute Gasteiger partial charge is 0.340 e. The SMILES string of the molecule is CC=C(CCO)C(=O)OC1(C)C(CO)C=C2CSSC3CC(C=O)C(NC)C4CN(C(=O)CC5=C(C=C(N)NC5)C2C12Cc1cc5cc(C6(C(CO)CCO)CCCC6)c(=O)oc5cc1O2)C34. The van der Waals surface area contributed by atoms with E-state index in [1.807, 2.05) is 36.2 Å². The van der Waals surface area contributed by atoms with Crippen LogP contribution in [0.4, 0.5) is 0 Å². The van der Waals surface area contributed by atoms with Gasteiger partial charge in [0.25, 0.3) is 0 Å². The summed E-state index contributed by atoms with van der Waals surface area (Å²) in [7, 11) is 5.19. The Balaban J connectivity index is 1.22. The van der Waals surface area contributed by atoms with E-state index in [9.17, 15) is 39.6 Å².